The van der Waals surface area contributed by atoms with Gasteiger partial charge in [-0.25, -0.2) is 0 Å². The minimum Gasteiger partial charge on any atom is -0.480 e. The van der Waals surface area contributed by atoms with E-state index >= 15 is 0 Å². The minimum absolute atomic E-state index is 0.114. The molecule has 0 rings (SSSR count). The first kappa shape index (κ1) is 42.4. The third-order valence-corrected chi connectivity index (χ3v) is 7.71. The SMILES string of the molecule is CCCCC/C=C\C/C=C\CCCCCCCC(=O)OC(/C=C\C/C=C\CCCCCC)CCCCCCC(=O)NCC(=O)O. The Labute approximate surface area is 276 Å². The van der Waals surface area contributed by atoms with Crippen LogP contribution in [0.2, 0.25) is 0 Å². The zero-order chi connectivity index (χ0) is 33.1. The normalized spacial score (nSPS) is 12.6. The van der Waals surface area contributed by atoms with Crippen LogP contribution in [-0.4, -0.2) is 35.6 Å². The second-order valence-corrected chi connectivity index (χ2v) is 12.1. The van der Waals surface area contributed by atoms with E-state index in [1.165, 1.54) is 64.2 Å². The van der Waals surface area contributed by atoms with Gasteiger partial charge in [-0.2, -0.15) is 0 Å². The molecule has 0 aliphatic heterocycles. The quantitative estimate of drug-likeness (QED) is 0.0439. The number of allylic oxidation sites excluding steroid dienone is 7. The molecule has 0 fully saturated rings. The molecule has 0 saturated carbocycles. The topological polar surface area (TPSA) is 92.7 Å². The smallest absolute Gasteiger partial charge is 0.322 e. The van der Waals surface area contributed by atoms with Gasteiger partial charge in [0.1, 0.15) is 12.6 Å². The van der Waals surface area contributed by atoms with Gasteiger partial charge in [0.05, 0.1) is 0 Å². The number of carbonyl (C=O) groups excluding carboxylic acids is 2. The third kappa shape index (κ3) is 34.1. The molecule has 1 atom stereocenters. The molecule has 6 nitrogen and oxygen atoms in total. The van der Waals surface area contributed by atoms with Crippen molar-refractivity contribution in [2.45, 2.75) is 174 Å². The fourth-order valence-electron chi connectivity index (χ4n) is 4.96. The maximum atomic E-state index is 12.6. The van der Waals surface area contributed by atoms with E-state index in [0.717, 1.165) is 77.0 Å². The number of amides is 1. The fourth-order valence-corrected chi connectivity index (χ4v) is 4.96. The highest BCUT2D eigenvalue weighted by molar-refractivity contribution is 5.80. The maximum Gasteiger partial charge on any atom is 0.322 e. The van der Waals surface area contributed by atoms with Crippen LogP contribution in [0.15, 0.2) is 48.6 Å². The van der Waals surface area contributed by atoms with Gasteiger partial charge in [-0.05, 0) is 83.1 Å². The van der Waals surface area contributed by atoms with E-state index in [0.29, 0.717) is 12.8 Å². The second kappa shape index (κ2) is 34.2. The Balaban J connectivity index is 4.26. The Hall–Kier alpha value is -2.63. The average Bonchev–Trinajstić information content (AvgIpc) is 3.02. The second-order valence-electron chi connectivity index (χ2n) is 12.1. The number of hydrogen-bond acceptors (Lipinski definition) is 4. The van der Waals surface area contributed by atoms with Crippen molar-refractivity contribution in [2.24, 2.45) is 0 Å². The molecule has 45 heavy (non-hydrogen) atoms. The van der Waals surface area contributed by atoms with E-state index in [2.05, 4.69) is 61.7 Å². The highest BCUT2D eigenvalue weighted by Gasteiger charge is 2.11. The van der Waals surface area contributed by atoms with Crippen LogP contribution < -0.4 is 5.32 Å². The van der Waals surface area contributed by atoms with Gasteiger partial charge in [-0.1, -0.05) is 121 Å². The average molecular weight is 630 g/mol. The molecule has 1 unspecified atom stereocenters. The molecular weight excluding hydrogens is 562 g/mol. The summed E-state index contributed by atoms with van der Waals surface area (Å²) in [6.45, 7) is 4.13. The molecule has 0 aromatic rings. The summed E-state index contributed by atoms with van der Waals surface area (Å²) in [5, 5.41) is 11.0. The van der Waals surface area contributed by atoms with Crippen LogP contribution in [0.4, 0.5) is 0 Å². The number of nitrogens with one attached hydrogen (secondary N) is 1. The first-order valence-corrected chi connectivity index (χ1v) is 18.3. The fraction of sp³-hybridized carbons (Fsp3) is 0.718. The van der Waals surface area contributed by atoms with Crippen LogP contribution in [0.5, 0.6) is 0 Å². The molecule has 0 bridgehead atoms. The predicted molar refractivity (Wildman–Crippen MR) is 189 cm³/mol. The number of esters is 1. The van der Waals surface area contributed by atoms with Gasteiger partial charge in [0, 0.05) is 12.8 Å². The van der Waals surface area contributed by atoms with Gasteiger partial charge in [0.25, 0.3) is 0 Å². The molecular formula is C39H67NO5. The number of rotatable bonds is 32. The Kier molecular flexibility index (Phi) is 32.2. The van der Waals surface area contributed by atoms with E-state index in [9.17, 15) is 14.4 Å². The summed E-state index contributed by atoms with van der Waals surface area (Å²) in [4.78, 5) is 34.8. The number of aliphatic carboxylic acids is 1. The lowest BCUT2D eigenvalue weighted by atomic mass is 10.1. The summed E-state index contributed by atoms with van der Waals surface area (Å²) in [5.74, 6) is -1.37. The van der Waals surface area contributed by atoms with E-state index in [-0.39, 0.29) is 24.5 Å². The first-order chi connectivity index (χ1) is 22.0. The zero-order valence-electron chi connectivity index (χ0n) is 29.0. The van der Waals surface area contributed by atoms with Crippen molar-refractivity contribution in [1.82, 2.24) is 5.32 Å². The van der Waals surface area contributed by atoms with Crippen LogP contribution in [-0.2, 0) is 19.1 Å². The van der Waals surface area contributed by atoms with E-state index in [1.807, 2.05) is 6.08 Å². The molecule has 258 valence electrons. The van der Waals surface area contributed by atoms with E-state index < -0.39 is 5.97 Å². The number of ether oxygens (including phenoxy) is 1. The van der Waals surface area contributed by atoms with E-state index in [1.54, 1.807) is 0 Å². The highest BCUT2D eigenvalue weighted by atomic mass is 16.5. The van der Waals surface area contributed by atoms with Crippen molar-refractivity contribution >= 4 is 17.8 Å². The molecule has 6 heteroatoms. The summed E-state index contributed by atoms with van der Waals surface area (Å²) >= 11 is 0. The number of hydrogen-bond donors (Lipinski definition) is 2. The number of carbonyl (C=O) groups is 3. The molecule has 0 aliphatic carbocycles. The zero-order valence-corrected chi connectivity index (χ0v) is 29.0. The number of unbranched alkanes of at least 4 members (excludes halogenated alkanes) is 15. The van der Waals surface area contributed by atoms with E-state index in [4.69, 9.17) is 9.84 Å². The summed E-state index contributed by atoms with van der Waals surface area (Å²) in [6, 6.07) is 0. The highest BCUT2D eigenvalue weighted by Crippen LogP contribution is 2.14. The predicted octanol–water partition coefficient (Wildman–Crippen LogP) is 10.7. The van der Waals surface area contributed by atoms with Gasteiger partial charge < -0.3 is 15.2 Å². The molecule has 1 amide bonds. The summed E-state index contributed by atoms with van der Waals surface area (Å²) in [7, 11) is 0. The Morgan fingerprint density at radius 3 is 1.71 bits per heavy atom. The Morgan fingerprint density at radius 2 is 1.09 bits per heavy atom. The van der Waals surface area contributed by atoms with Gasteiger partial charge in [-0.3, -0.25) is 14.4 Å². The van der Waals surface area contributed by atoms with Crippen molar-refractivity contribution < 1.29 is 24.2 Å². The van der Waals surface area contributed by atoms with Crippen LogP contribution in [0.25, 0.3) is 0 Å². The molecule has 2 N–H and O–H groups in total. The summed E-state index contributed by atoms with van der Waals surface area (Å²) in [5.41, 5.74) is 0. The number of carboxylic acid groups (broad SMARTS) is 1. The van der Waals surface area contributed by atoms with Crippen LogP contribution in [0.1, 0.15) is 168 Å². The lowest BCUT2D eigenvalue weighted by Gasteiger charge is -2.14. The molecule has 0 saturated heterocycles. The van der Waals surface area contributed by atoms with Crippen molar-refractivity contribution in [3.63, 3.8) is 0 Å². The Bertz CT molecular complexity index is 829. The number of carboxylic acids is 1. The maximum absolute atomic E-state index is 12.6. The third-order valence-electron chi connectivity index (χ3n) is 7.71. The molecule has 0 radical (unpaired) electrons. The van der Waals surface area contributed by atoms with Crippen molar-refractivity contribution in [2.75, 3.05) is 6.54 Å². The van der Waals surface area contributed by atoms with Crippen molar-refractivity contribution in [3.8, 4) is 0 Å². The van der Waals surface area contributed by atoms with Crippen LogP contribution in [0, 0.1) is 0 Å². The largest absolute Gasteiger partial charge is 0.480 e. The van der Waals surface area contributed by atoms with Crippen LogP contribution >= 0.6 is 0 Å². The standard InChI is InChI=1S/C39H67NO5/c1-3-5-7-9-11-13-14-15-16-17-18-20-22-24-30-34-39(44)45-36(31-27-23-21-19-12-10-8-6-4-2)32-28-25-26-29-33-37(41)40-35-38(42)43/h11,13,15-16,19,21,27,31,36H,3-10,12,14,17-18,20,22-26,28-30,32-35H2,1-2H3,(H,40,41)(H,42,43)/b13-11-,16-15-,21-19-,31-27-. The lowest BCUT2D eigenvalue weighted by molar-refractivity contribution is -0.147. The first-order valence-electron chi connectivity index (χ1n) is 18.3. The van der Waals surface area contributed by atoms with Gasteiger partial charge >= 0.3 is 11.9 Å². The summed E-state index contributed by atoms with van der Waals surface area (Å²) in [6.07, 6.45) is 42.4. The molecule has 0 aromatic heterocycles. The van der Waals surface area contributed by atoms with Crippen molar-refractivity contribution in [3.05, 3.63) is 48.6 Å². The summed E-state index contributed by atoms with van der Waals surface area (Å²) < 4.78 is 5.86. The van der Waals surface area contributed by atoms with Gasteiger partial charge in [0.2, 0.25) is 5.91 Å². The molecule has 0 aliphatic rings. The van der Waals surface area contributed by atoms with Gasteiger partial charge in [-0.15, -0.1) is 0 Å². The molecule has 0 spiro atoms. The molecule has 0 aromatic carbocycles. The molecule has 0 heterocycles. The van der Waals surface area contributed by atoms with Crippen LogP contribution in [0.3, 0.4) is 0 Å². The van der Waals surface area contributed by atoms with Gasteiger partial charge in [0.15, 0.2) is 0 Å². The lowest BCUT2D eigenvalue weighted by Crippen LogP contribution is -2.28. The minimum atomic E-state index is -1.03. The van der Waals surface area contributed by atoms with Crippen molar-refractivity contribution in [1.29, 1.82) is 0 Å². The monoisotopic (exact) mass is 630 g/mol. The Morgan fingerprint density at radius 1 is 0.600 bits per heavy atom.